The number of nitrogens with one attached hydrogen (secondary N) is 1. The van der Waals surface area contributed by atoms with Crippen molar-refractivity contribution in [2.45, 2.75) is 13.0 Å². The first-order valence-corrected chi connectivity index (χ1v) is 8.34. The van der Waals surface area contributed by atoms with Gasteiger partial charge in [-0.3, -0.25) is 9.69 Å². The second-order valence-corrected chi connectivity index (χ2v) is 5.98. The van der Waals surface area contributed by atoms with E-state index in [1.165, 1.54) is 0 Å². The number of carbonyl (C=O) groups is 1. The predicted octanol–water partition coefficient (Wildman–Crippen LogP) is 1.79. The van der Waals surface area contributed by atoms with E-state index < -0.39 is 0 Å². The van der Waals surface area contributed by atoms with E-state index in [9.17, 15) is 4.79 Å². The van der Waals surface area contributed by atoms with E-state index in [1.54, 1.807) is 20.1 Å². The van der Waals surface area contributed by atoms with Crippen LogP contribution in [0.3, 0.4) is 0 Å². The number of ether oxygens (including phenoxy) is 2. The molecule has 25 heavy (non-hydrogen) atoms. The molecule has 0 saturated carbocycles. The maximum Gasteiger partial charge on any atom is 0.289 e. The third-order valence-electron chi connectivity index (χ3n) is 4.29. The number of benzene rings is 1. The Bertz CT molecular complexity index is 693. The van der Waals surface area contributed by atoms with Crippen LogP contribution in [0.4, 0.5) is 0 Å². The van der Waals surface area contributed by atoms with Gasteiger partial charge in [0.25, 0.3) is 5.91 Å². The maximum atomic E-state index is 12.3. The van der Waals surface area contributed by atoms with E-state index in [2.05, 4.69) is 15.4 Å². The Morgan fingerprint density at radius 3 is 2.64 bits per heavy atom. The average molecular weight is 345 g/mol. The van der Waals surface area contributed by atoms with E-state index >= 15 is 0 Å². The topological polar surface area (TPSA) is 76.8 Å². The van der Waals surface area contributed by atoms with Crippen molar-refractivity contribution in [1.29, 1.82) is 0 Å². The first-order valence-electron chi connectivity index (χ1n) is 8.34. The molecule has 2 aromatic rings. The molecule has 1 atom stereocenters. The largest absolute Gasteiger partial charge is 0.497 e. The first kappa shape index (κ1) is 17.4. The molecule has 7 nitrogen and oxygen atoms in total. The van der Waals surface area contributed by atoms with Gasteiger partial charge < -0.3 is 19.3 Å². The Morgan fingerprint density at radius 2 is 2.04 bits per heavy atom. The molecule has 3 rings (SSSR count). The molecule has 7 heteroatoms. The Hall–Kier alpha value is -2.38. The van der Waals surface area contributed by atoms with Crippen molar-refractivity contribution in [3.63, 3.8) is 0 Å². The highest BCUT2D eigenvalue weighted by molar-refractivity contribution is 5.91. The van der Waals surface area contributed by atoms with E-state index in [4.69, 9.17) is 14.0 Å². The molecule has 1 aromatic carbocycles. The lowest BCUT2D eigenvalue weighted by molar-refractivity contribution is 0.0161. The van der Waals surface area contributed by atoms with Crippen molar-refractivity contribution in [3.05, 3.63) is 47.3 Å². The number of rotatable bonds is 6. The van der Waals surface area contributed by atoms with E-state index in [0.717, 1.165) is 24.4 Å². The molecule has 0 radical (unpaired) electrons. The molecule has 1 N–H and O–H groups in total. The summed E-state index contributed by atoms with van der Waals surface area (Å²) in [7, 11) is 1.65. The number of nitrogens with zero attached hydrogens (tertiary/aromatic N) is 2. The number of amides is 1. The number of carbonyl (C=O) groups excluding carboxylic acids is 1. The van der Waals surface area contributed by atoms with Crippen LogP contribution in [0.5, 0.6) is 5.75 Å². The third kappa shape index (κ3) is 4.37. The summed E-state index contributed by atoms with van der Waals surface area (Å²) in [5.41, 5.74) is 1.81. The predicted molar refractivity (Wildman–Crippen MR) is 91.7 cm³/mol. The molecule has 0 aliphatic carbocycles. The van der Waals surface area contributed by atoms with Crippen LogP contribution in [0.25, 0.3) is 0 Å². The highest BCUT2D eigenvalue weighted by atomic mass is 16.5. The van der Waals surface area contributed by atoms with Gasteiger partial charge >= 0.3 is 0 Å². The van der Waals surface area contributed by atoms with E-state index in [-0.39, 0.29) is 17.7 Å². The van der Waals surface area contributed by atoms with Gasteiger partial charge in [-0.2, -0.15) is 0 Å². The van der Waals surface area contributed by atoms with Crippen LogP contribution in [0.1, 0.15) is 27.9 Å². The first-order chi connectivity index (χ1) is 12.2. The number of hydrogen-bond donors (Lipinski definition) is 1. The molecule has 2 heterocycles. The van der Waals surface area contributed by atoms with Gasteiger partial charge in [0.2, 0.25) is 5.76 Å². The molecular weight excluding hydrogens is 322 g/mol. The molecule has 1 aromatic heterocycles. The zero-order chi connectivity index (χ0) is 17.6. The molecule has 0 spiro atoms. The van der Waals surface area contributed by atoms with Gasteiger partial charge in [-0.15, -0.1) is 0 Å². The summed E-state index contributed by atoms with van der Waals surface area (Å²) in [6.07, 6.45) is 0. The van der Waals surface area contributed by atoms with Crippen molar-refractivity contribution in [3.8, 4) is 5.75 Å². The normalized spacial score (nSPS) is 16.4. The van der Waals surface area contributed by atoms with Crippen LogP contribution >= 0.6 is 0 Å². The summed E-state index contributed by atoms with van der Waals surface area (Å²) in [5, 5.41) is 6.71. The fourth-order valence-corrected chi connectivity index (χ4v) is 2.92. The molecule has 0 bridgehead atoms. The minimum Gasteiger partial charge on any atom is -0.497 e. The Morgan fingerprint density at radius 1 is 1.32 bits per heavy atom. The van der Waals surface area contributed by atoms with Crippen LogP contribution < -0.4 is 10.1 Å². The molecule has 1 unspecified atom stereocenters. The summed E-state index contributed by atoms with van der Waals surface area (Å²) in [6.45, 7) is 5.31. The number of hydrogen-bond acceptors (Lipinski definition) is 6. The highest BCUT2D eigenvalue weighted by Gasteiger charge is 2.24. The molecule has 134 valence electrons. The second kappa shape index (κ2) is 8.13. The minimum absolute atomic E-state index is 0.0581. The van der Waals surface area contributed by atoms with Gasteiger partial charge in [0.05, 0.1) is 32.1 Å². The number of morpholine rings is 1. The van der Waals surface area contributed by atoms with Gasteiger partial charge in [-0.25, -0.2) is 0 Å². The van der Waals surface area contributed by atoms with Gasteiger partial charge in [-0.1, -0.05) is 17.3 Å². The van der Waals surface area contributed by atoms with Crippen molar-refractivity contribution < 1.29 is 18.8 Å². The number of methoxy groups -OCH3 is 1. The zero-order valence-electron chi connectivity index (χ0n) is 14.5. The minimum atomic E-state index is -0.257. The average Bonchev–Trinajstić information content (AvgIpc) is 3.10. The summed E-state index contributed by atoms with van der Waals surface area (Å²) in [4.78, 5) is 14.6. The summed E-state index contributed by atoms with van der Waals surface area (Å²) < 4.78 is 15.7. The fourth-order valence-electron chi connectivity index (χ4n) is 2.92. The van der Waals surface area contributed by atoms with Crippen molar-refractivity contribution in [2.24, 2.45) is 0 Å². The van der Waals surface area contributed by atoms with Gasteiger partial charge in [0.1, 0.15) is 5.75 Å². The molecular formula is C18H23N3O4. The number of aromatic nitrogens is 1. The van der Waals surface area contributed by atoms with Crippen LogP contribution in [-0.4, -0.2) is 55.9 Å². The molecule has 1 fully saturated rings. The lowest BCUT2D eigenvalue weighted by Crippen LogP contribution is -2.43. The van der Waals surface area contributed by atoms with Crippen LogP contribution in [-0.2, 0) is 4.74 Å². The molecule has 1 saturated heterocycles. The number of aryl methyl sites for hydroxylation is 1. The Kier molecular flexibility index (Phi) is 5.67. The van der Waals surface area contributed by atoms with E-state index in [1.807, 2.05) is 24.3 Å². The monoisotopic (exact) mass is 345 g/mol. The summed E-state index contributed by atoms with van der Waals surface area (Å²) in [5.74, 6) is 0.783. The lowest BCUT2D eigenvalue weighted by Gasteiger charge is -2.34. The van der Waals surface area contributed by atoms with Gasteiger partial charge in [0.15, 0.2) is 0 Å². The summed E-state index contributed by atoms with van der Waals surface area (Å²) >= 11 is 0. The molecule has 1 amide bonds. The van der Waals surface area contributed by atoms with Crippen LogP contribution in [0.2, 0.25) is 0 Å². The SMILES string of the molecule is COc1ccc(C(CNC(=O)c2cc(C)no2)N2CCOCC2)cc1. The maximum absolute atomic E-state index is 12.3. The third-order valence-corrected chi connectivity index (χ3v) is 4.29. The Labute approximate surface area is 146 Å². The van der Waals surface area contributed by atoms with Crippen LogP contribution in [0, 0.1) is 6.92 Å². The van der Waals surface area contributed by atoms with Gasteiger partial charge in [0, 0.05) is 25.7 Å². The Balaban J connectivity index is 1.72. The summed E-state index contributed by atoms with van der Waals surface area (Å²) in [6, 6.07) is 9.62. The standard InChI is InChI=1S/C18H23N3O4/c1-13-11-17(25-20-13)18(22)19-12-16(21-7-9-24-10-8-21)14-3-5-15(23-2)6-4-14/h3-6,11,16H,7-10,12H2,1-2H3,(H,19,22). The second-order valence-electron chi connectivity index (χ2n) is 5.98. The van der Waals surface area contributed by atoms with Crippen molar-refractivity contribution >= 4 is 5.91 Å². The lowest BCUT2D eigenvalue weighted by atomic mass is 10.0. The quantitative estimate of drug-likeness (QED) is 0.860. The van der Waals surface area contributed by atoms with Crippen LogP contribution in [0.15, 0.2) is 34.9 Å². The van der Waals surface area contributed by atoms with Gasteiger partial charge in [-0.05, 0) is 24.6 Å². The van der Waals surface area contributed by atoms with Crippen molar-refractivity contribution in [1.82, 2.24) is 15.4 Å². The molecule has 1 aliphatic rings. The molecule has 1 aliphatic heterocycles. The highest BCUT2D eigenvalue weighted by Crippen LogP contribution is 2.23. The fraction of sp³-hybridized carbons (Fsp3) is 0.444. The zero-order valence-corrected chi connectivity index (χ0v) is 14.5. The van der Waals surface area contributed by atoms with Crippen molar-refractivity contribution in [2.75, 3.05) is 40.0 Å². The smallest absolute Gasteiger partial charge is 0.289 e. The van der Waals surface area contributed by atoms with E-state index in [0.29, 0.717) is 25.5 Å².